The van der Waals surface area contributed by atoms with Crippen molar-refractivity contribution in [2.75, 3.05) is 17.6 Å². The van der Waals surface area contributed by atoms with Crippen molar-refractivity contribution in [1.82, 2.24) is 4.98 Å². The Balaban J connectivity index is 1.95. The highest BCUT2D eigenvalue weighted by molar-refractivity contribution is 5.44. The summed E-state index contributed by atoms with van der Waals surface area (Å²) in [6.07, 6.45) is 4.78. The van der Waals surface area contributed by atoms with Crippen LogP contribution < -0.4 is 11.1 Å². The van der Waals surface area contributed by atoms with Crippen molar-refractivity contribution in [3.8, 4) is 0 Å². The summed E-state index contributed by atoms with van der Waals surface area (Å²) in [4.78, 5) is 3.69. The average Bonchev–Trinajstić information content (AvgIpc) is 2.32. The molecule has 100 valence electrons. The van der Waals surface area contributed by atoms with Crippen molar-refractivity contribution >= 4 is 11.6 Å². The highest BCUT2D eigenvalue weighted by atomic mass is 19.1. The molecule has 2 rings (SSSR count). The van der Waals surface area contributed by atoms with E-state index in [1.54, 1.807) is 0 Å². The van der Waals surface area contributed by atoms with E-state index in [0.717, 1.165) is 24.8 Å². The number of anilines is 2. The van der Waals surface area contributed by atoms with Crippen molar-refractivity contribution in [1.29, 1.82) is 0 Å². The number of pyridine rings is 1. The van der Waals surface area contributed by atoms with Gasteiger partial charge in [0.25, 0.3) is 0 Å². The topological polar surface area (TPSA) is 50.9 Å². The Morgan fingerprint density at radius 2 is 2.17 bits per heavy atom. The predicted molar refractivity (Wildman–Crippen MR) is 68.2 cm³/mol. The van der Waals surface area contributed by atoms with Gasteiger partial charge in [0.05, 0.1) is 0 Å². The molecule has 0 saturated heterocycles. The first-order chi connectivity index (χ1) is 8.56. The van der Waals surface area contributed by atoms with Gasteiger partial charge in [0.2, 0.25) is 0 Å². The minimum absolute atomic E-state index is 0.0483. The molecule has 1 aromatic rings. The van der Waals surface area contributed by atoms with E-state index in [2.05, 4.69) is 17.2 Å². The maximum Gasteiger partial charge on any atom is 0.168 e. The molecule has 5 heteroatoms. The van der Waals surface area contributed by atoms with Crippen LogP contribution in [0.3, 0.4) is 0 Å². The quantitative estimate of drug-likeness (QED) is 0.872. The van der Waals surface area contributed by atoms with Gasteiger partial charge in [-0.3, -0.25) is 0 Å². The van der Waals surface area contributed by atoms with E-state index in [0.29, 0.717) is 12.5 Å². The molecule has 0 radical (unpaired) electrons. The molecule has 3 N–H and O–H groups in total. The summed E-state index contributed by atoms with van der Waals surface area (Å²) in [5.41, 5.74) is 5.33. The second-order valence-electron chi connectivity index (χ2n) is 5.20. The van der Waals surface area contributed by atoms with E-state index in [9.17, 15) is 8.78 Å². The van der Waals surface area contributed by atoms with Crippen LogP contribution in [0.5, 0.6) is 0 Å². The molecule has 0 bridgehead atoms. The molecule has 3 nitrogen and oxygen atoms in total. The molecule has 0 aromatic carbocycles. The highest BCUT2D eigenvalue weighted by Crippen LogP contribution is 2.29. The van der Waals surface area contributed by atoms with Crippen molar-refractivity contribution in [3.63, 3.8) is 0 Å². The second kappa shape index (κ2) is 5.50. The van der Waals surface area contributed by atoms with E-state index in [4.69, 9.17) is 5.73 Å². The summed E-state index contributed by atoms with van der Waals surface area (Å²) < 4.78 is 26.4. The van der Waals surface area contributed by atoms with Crippen LogP contribution in [0.2, 0.25) is 0 Å². The maximum atomic E-state index is 13.4. The van der Waals surface area contributed by atoms with Gasteiger partial charge in [0.15, 0.2) is 23.3 Å². The first kappa shape index (κ1) is 13.1. The Bertz CT molecular complexity index is 423. The lowest BCUT2D eigenvalue weighted by Crippen LogP contribution is -2.22. The van der Waals surface area contributed by atoms with Crippen LogP contribution in [0.25, 0.3) is 0 Å². The second-order valence-corrected chi connectivity index (χ2v) is 5.20. The Labute approximate surface area is 106 Å². The third kappa shape index (κ3) is 3.09. The van der Waals surface area contributed by atoms with Crippen LogP contribution in [-0.4, -0.2) is 11.5 Å². The number of nitrogen functional groups attached to an aromatic ring is 1. The van der Waals surface area contributed by atoms with Gasteiger partial charge in [-0.05, 0) is 24.7 Å². The van der Waals surface area contributed by atoms with Gasteiger partial charge in [0.1, 0.15) is 0 Å². The maximum absolute atomic E-state index is 13.4. The normalized spacial score (nSPS) is 23.9. The Morgan fingerprint density at radius 1 is 1.39 bits per heavy atom. The molecule has 1 heterocycles. The number of halogens is 2. The van der Waals surface area contributed by atoms with Gasteiger partial charge in [-0.15, -0.1) is 0 Å². The standard InChI is InChI=1S/C13H19F2N3/c1-8-3-2-4-9(5-8)7-17-13-11(15)6-10(14)12(16)18-13/h6,8-9H,2-5,7H2,1H3,(H3,16,17,18). The van der Waals surface area contributed by atoms with Crippen molar-refractivity contribution in [2.45, 2.75) is 32.6 Å². The van der Waals surface area contributed by atoms with Gasteiger partial charge >= 0.3 is 0 Å². The Hall–Kier alpha value is -1.39. The summed E-state index contributed by atoms with van der Waals surface area (Å²) in [6, 6.07) is 0.772. The summed E-state index contributed by atoms with van der Waals surface area (Å²) >= 11 is 0. The van der Waals surface area contributed by atoms with Crippen LogP contribution in [0, 0.1) is 23.5 Å². The van der Waals surface area contributed by atoms with Crippen LogP contribution in [0.15, 0.2) is 6.07 Å². The molecule has 2 atom stereocenters. The molecule has 1 saturated carbocycles. The minimum atomic E-state index is -0.815. The van der Waals surface area contributed by atoms with Gasteiger partial charge in [-0.2, -0.15) is 0 Å². The van der Waals surface area contributed by atoms with E-state index in [-0.39, 0.29) is 11.6 Å². The lowest BCUT2D eigenvalue weighted by Gasteiger charge is -2.27. The van der Waals surface area contributed by atoms with E-state index in [1.165, 1.54) is 12.8 Å². The molecule has 0 aliphatic heterocycles. The fraction of sp³-hybridized carbons (Fsp3) is 0.615. The van der Waals surface area contributed by atoms with Crippen molar-refractivity contribution in [3.05, 3.63) is 17.7 Å². The van der Waals surface area contributed by atoms with E-state index in [1.807, 2.05) is 0 Å². The fourth-order valence-corrected chi connectivity index (χ4v) is 2.59. The van der Waals surface area contributed by atoms with Crippen LogP contribution in [-0.2, 0) is 0 Å². The van der Waals surface area contributed by atoms with Crippen LogP contribution in [0.1, 0.15) is 32.6 Å². The molecular formula is C13H19F2N3. The number of nitrogens with zero attached hydrogens (tertiary/aromatic N) is 1. The number of hydrogen-bond donors (Lipinski definition) is 2. The number of hydrogen-bond acceptors (Lipinski definition) is 3. The molecule has 0 amide bonds. The number of nitrogens with one attached hydrogen (secondary N) is 1. The molecule has 1 aliphatic carbocycles. The van der Waals surface area contributed by atoms with Crippen molar-refractivity contribution in [2.24, 2.45) is 11.8 Å². The van der Waals surface area contributed by atoms with Gasteiger partial charge in [-0.25, -0.2) is 13.8 Å². The molecule has 0 spiro atoms. The van der Waals surface area contributed by atoms with E-state index < -0.39 is 11.6 Å². The predicted octanol–water partition coefficient (Wildman–Crippen LogP) is 3.18. The molecule has 1 aromatic heterocycles. The van der Waals surface area contributed by atoms with Gasteiger partial charge in [-0.1, -0.05) is 19.8 Å². The third-order valence-electron chi connectivity index (χ3n) is 3.56. The lowest BCUT2D eigenvalue weighted by molar-refractivity contribution is 0.293. The van der Waals surface area contributed by atoms with Gasteiger partial charge < -0.3 is 11.1 Å². The lowest BCUT2D eigenvalue weighted by atomic mass is 9.82. The minimum Gasteiger partial charge on any atom is -0.381 e. The zero-order valence-electron chi connectivity index (χ0n) is 10.5. The monoisotopic (exact) mass is 255 g/mol. The molecule has 18 heavy (non-hydrogen) atoms. The number of aromatic nitrogens is 1. The van der Waals surface area contributed by atoms with Crippen LogP contribution >= 0.6 is 0 Å². The smallest absolute Gasteiger partial charge is 0.168 e. The molecule has 2 unspecified atom stereocenters. The Morgan fingerprint density at radius 3 is 2.89 bits per heavy atom. The summed E-state index contributed by atoms with van der Waals surface area (Å²) in [5.74, 6) is -0.471. The fourth-order valence-electron chi connectivity index (χ4n) is 2.59. The molecular weight excluding hydrogens is 236 g/mol. The SMILES string of the molecule is CC1CCCC(CNc2nc(N)c(F)cc2F)C1. The summed E-state index contributed by atoms with van der Waals surface area (Å²) in [6.45, 7) is 2.90. The largest absolute Gasteiger partial charge is 0.381 e. The average molecular weight is 255 g/mol. The molecule has 1 fully saturated rings. The van der Waals surface area contributed by atoms with Crippen molar-refractivity contribution < 1.29 is 8.78 Å². The summed E-state index contributed by atoms with van der Waals surface area (Å²) in [7, 11) is 0. The highest BCUT2D eigenvalue weighted by Gasteiger charge is 2.19. The first-order valence-electron chi connectivity index (χ1n) is 6.41. The van der Waals surface area contributed by atoms with Crippen LogP contribution in [0.4, 0.5) is 20.4 Å². The first-order valence-corrected chi connectivity index (χ1v) is 6.41. The zero-order valence-corrected chi connectivity index (χ0v) is 10.5. The zero-order chi connectivity index (χ0) is 13.1. The number of rotatable bonds is 3. The Kier molecular flexibility index (Phi) is 3.99. The summed E-state index contributed by atoms with van der Waals surface area (Å²) in [5, 5.41) is 2.94. The molecule has 1 aliphatic rings. The van der Waals surface area contributed by atoms with E-state index >= 15 is 0 Å². The van der Waals surface area contributed by atoms with Gasteiger partial charge in [0, 0.05) is 12.6 Å². The third-order valence-corrected chi connectivity index (χ3v) is 3.56. The number of nitrogens with two attached hydrogens (primary N) is 1.